The second-order valence-corrected chi connectivity index (χ2v) is 7.49. The van der Waals surface area contributed by atoms with Crippen LogP contribution in [0.25, 0.3) is 6.08 Å². The Morgan fingerprint density at radius 2 is 2.11 bits per heavy atom. The van der Waals surface area contributed by atoms with Crippen LogP contribution in [0.2, 0.25) is 0 Å². The molecule has 6 heteroatoms. The largest absolute Gasteiger partial charge is 0.483 e. The molecule has 3 aliphatic rings. The molecule has 0 aliphatic carbocycles. The third-order valence-corrected chi connectivity index (χ3v) is 5.59. The maximum atomic E-state index is 12.7. The summed E-state index contributed by atoms with van der Waals surface area (Å²) in [6, 6.07) is 8.08. The molecule has 6 nitrogen and oxygen atoms in total. The topological polar surface area (TPSA) is 71.0 Å². The van der Waals surface area contributed by atoms with Gasteiger partial charge in [-0.3, -0.25) is 9.59 Å². The van der Waals surface area contributed by atoms with Crippen LogP contribution in [0, 0.1) is 0 Å². The van der Waals surface area contributed by atoms with E-state index in [-0.39, 0.29) is 17.4 Å². The maximum absolute atomic E-state index is 12.7. The van der Waals surface area contributed by atoms with Crippen LogP contribution < -0.4 is 10.2 Å². The van der Waals surface area contributed by atoms with Gasteiger partial charge in [0, 0.05) is 43.6 Å². The van der Waals surface area contributed by atoms with Crippen molar-refractivity contribution in [3.63, 3.8) is 0 Å². The van der Waals surface area contributed by atoms with Gasteiger partial charge in [-0.25, -0.2) is 5.43 Å². The first kappa shape index (κ1) is 17.8. The van der Waals surface area contributed by atoms with Crippen LogP contribution in [-0.2, 0) is 9.59 Å². The van der Waals surface area contributed by atoms with Gasteiger partial charge in [0.15, 0.2) is 0 Å². The molecule has 0 saturated carbocycles. The number of carbonyl (C=O) groups excluding carboxylic acids is 2. The smallest absolute Gasteiger partial charge is 0.240 e. The first-order valence-electron chi connectivity index (χ1n) is 9.73. The Hall–Kier alpha value is -2.63. The van der Waals surface area contributed by atoms with E-state index < -0.39 is 0 Å². The van der Waals surface area contributed by atoms with Gasteiger partial charge in [-0.2, -0.15) is 5.10 Å². The van der Waals surface area contributed by atoms with Crippen molar-refractivity contribution in [2.24, 2.45) is 5.10 Å². The van der Waals surface area contributed by atoms with Gasteiger partial charge in [-0.15, -0.1) is 0 Å². The van der Waals surface area contributed by atoms with Crippen LogP contribution in [0.5, 0.6) is 5.75 Å². The van der Waals surface area contributed by atoms with E-state index in [1.807, 2.05) is 23.1 Å². The van der Waals surface area contributed by atoms with Gasteiger partial charge >= 0.3 is 0 Å². The number of nitrogens with zero attached hydrogens (tertiary/aromatic N) is 2. The second-order valence-electron chi connectivity index (χ2n) is 7.49. The number of ether oxygens (including phenoxy) is 1. The average Bonchev–Trinajstić information content (AvgIpc) is 2.90. The van der Waals surface area contributed by atoms with Gasteiger partial charge in [-0.1, -0.05) is 24.3 Å². The number of likely N-dealkylation sites (tertiary alicyclic amines) is 1. The monoisotopic (exact) mass is 367 g/mol. The van der Waals surface area contributed by atoms with E-state index in [1.54, 1.807) is 0 Å². The van der Waals surface area contributed by atoms with E-state index in [0.29, 0.717) is 32.2 Å². The minimum Gasteiger partial charge on any atom is -0.483 e. The molecule has 1 aromatic rings. The minimum absolute atomic E-state index is 0.0509. The molecule has 0 aromatic heterocycles. The summed E-state index contributed by atoms with van der Waals surface area (Å²) in [4.78, 5) is 25.8. The zero-order valence-electron chi connectivity index (χ0n) is 15.4. The molecule has 142 valence electrons. The van der Waals surface area contributed by atoms with Gasteiger partial charge in [-0.05, 0) is 37.8 Å². The fourth-order valence-electron chi connectivity index (χ4n) is 3.96. The molecule has 1 N–H and O–H groups in total. The first-order valence-corrected chi connectivity index (χ1v) is 9.73. The molecule has 1 fully saturated rings. The van der Waals surface area contributed by atoms with Gasteiger partial charge in [0.1, 0.15) is 11.4 Å². The lowest BCUT2D eigenvalue weighted by Gasteiger charge is -2.34. The lowest BCUT2D eigenvalue weighted by molar-refractivity contribution is -0.131. The predicted molar refractivity (Wildman–Crippen MR) is 103 cm³/mol. The molecule has 1 aromatic carbocycles. The number of rotatable bonds is 3. The molecule has 0 bridgehead atoms. The van der Waals surface area contributed by atoms with Crippen molar-refractivity contribution >= 4 is 23.6 Å². The van der Waals surface area contributed by atoms with Crippen LogP contribution >= 0.6 is 0 Å². The maximum Gasteiger partial charge on any atom is 0.240 e. The highest BCUT2D eigenvalue weighted by atomic mass is 16.5. The van der Waals surface area contributed by atoms with Gasteiger partial charge in [0.05, 0.1) is 0 Å². The average molecular weight is 367 g/mol. The van der Waals surface area contributed by atoms with E-state index in [2.05, 4.69) is 28.7 Å². The van der Waals surface area contributed by atoms with Crippen LogP contribution in [0.4, 0.5) is 0 Å². The molecule has 0 radical (unpaired) electrons. The quantitative estimate of drug-likeness (QED) is 0.893. The van der Waals surface area contributed by atoms with Crippen LogP contribution in [0.3, 0.4) is 0 Å². The van der Waals surface area contributed by atoms with Crippen LogP contribution in [0.1, 0.15) is 50.5 Å². The van der Waals surface area contributed by atoms with Crippen molar-refractivity contribution in [2.75, 3.05) is 13.1 Å². The standard InChI is InChI=1S/C21H25N3O3/c25-19-8-6-17(22-23-19)7-9-20(26)24-14-3-11-21(13-15-24)12-10-16-4-1-2-5-18(16)27-21/h1-2,4-5,10,12H,3,6-9,11,13-15H2,(H,23,25). The number of fused-ring (bicyclic) bond motifs is 1. The van der Waals surface area contributed by atoms with Crippen LogP contribution in [-0.4, -0.2) is 41.1 Å². The van der Waals surface area contributed by atoms with Crippen molar-refractivity contribution < 1.29 is 14.3 Å². The summed E-state index contributed by atoms with van der Waals surface area (Å²) in [5.41, 5.74) is 4.21. The molecule has 3 heterocycles. The highest BCUT2D eigenvalue weighted by Gasteiger charge is 2.35. The Morgan fingerprint density at radius 1 is 1.22 bits per heavy atom. The van der Waals surface area contributed by atoms with Gasteiger partial charge < -0.3 is 9.64 Å². The Balaban J connectivity index is 1.34. The molecule has 3 aliphatic heterocycles. The second kappa shape index (κ2) is 7.55. The Kier molecular flexibility index (Phi) is 4.97. The third kappa shape index (κ3) is 4.04. The molecule has 1 spiro atoms. The number of hydrazone groups is 1. The zero-order chi connectivity index (χ0) is 18.7. The highest BCUT2D eigenvalue weighted by Crippen LogP contribution is 2.37. The Labute approximate surface area is 159 Å². The molecule has 1 saturated heterocycles. The van der Waals surface area contributed by atoms with E-state index in [1.165, 1.54) is 0 Å². The number of hydrogen-bond donors (Lipinski definition) is 1. The predicted octanol–water partition coefficient (Wildman–Crippen LogP) is 2.89. The summed E-state index contributed by atoms with van der Waals surface area (Å²) in [6.07, 6.45) is 9.14. The van der Waals surface area contributed by atoms with Crippen molar-refractivity contribution in [3.8, 4) is 5.75 Å². The molecule has 4 rings (SSSR count). The van der Waals surface area contributed by atoms with Crippen molar-refractivity contribution in [3.05, 3.63) is 35.9 Å². The number of amides is 2. The molecule has 1 unspecified atom stereocenters. The minimum atomic E-state index is -0.304. The fraction of sp³-hybridized carbons (Fsp3) is 0.476. The van der Waals surface area contributed by atoms with Gasteiger partial charge in [0.2, 0.25) is 11.8 Å². The van der Waals surface area contributed by atoms with Crippen molar-refractivity contribution in [1.29, 1.82) is 0 Å². The van der Waals surface area contributed by atoms with E-state index in [9.17, 15) is 9.59 Å². The van der Waals surface area contributed by atoms with E-state index in [0.717, 1.165) is 42.8 Å². The Morgan fingerprint density at radius 3 is 2.96 bits per heavy atom. The fourth-order valence-corrected chi connectivity index (χ4v) is 3.96. The van der Waals surface area contributed by atoms with E-state index in [4.69, 9.17) is 4.74 Å². The molecule has 1 atom stereocenters. The van der Waals surface area contributed by atoms with Crippen molar-refractivity contribution in [1.82, 2.24) is 10.3 Å². The Bertz CT molecular complexity index is 802. The first-order chi connectivity index (χ1) is 13.1. The lowest BCUT2D eigenvalue weighted by Crippen LogP contribution is -2.38. The number of nitrogens with one attached hydrogen (secondary N) is 1. The molecule has 2 amide bonds. The summed E-state index contributed by atoms with van der Waals surface area (Å²) in [6.45, 7) is 1.47. The number of hydrogen-bond acceptors (Lipinski definition) is 4. The normalized spacial score (nSPS) is 24.5. The SMILES string of the molecule is O=C1CCC(CCC(=O)N2CCCC3(C=Cc4ccccc4O3)CC2)=NN1. The molecular weight excluding hydrogens is 342 g/mol. The molecule has 27 heavy (non-hydrogen) atoms. The number of carbonyl (C=O) groups is 2. The van der Waals surface area contributed by atoms with Crippen LogP contribution in [0.15, 0.2) is 35.4 Å². The summed E-state index contributed by atoms with van der Waals surface area (Å²) in [5, 5.41) is 4.05. The third-order valence-electron chi connectivity index (χ3n) is 5.59. The summed E-state index contributed by atoms with van der Waals surface area (Å²) in [7, 11) is 0. The molecular formula is C21H25N3O3. The van der Waals surface area contributed by atoms with E-state index >= 15 is 0 Å². The van der Waals surface area contributed by atoms with Gasteiger partial charge in [0.25, 0.3) is 0 Å². The number of benzene rings is 1. The van der Waals surface area contributed by atoms with Crippen molar-refractivity contribution in [2.45, 2.75) is 50.5 Å². The summed E-state index contributed by atoms with van der Waals surface area (Å²) >= 11 is 0. The summed E-state index contributed by atoms with van der Waals surface area (Å²) in [5.74, 6) is 1.04. The highest BCUT2D eigenvalue weighted by molar-refractivity contribution is 5.94. The summed E-state index contributed by atoms with van der Waals surface area (Å²) < 4.78 is 6.35. The number of para-hydroxylation sites is 1. The zero-order valence-corrected chi connectivity index (χ0v) is 15.4. The lowest BCUT2D eigenvalue weighted by atomic mass is 9.91.